The van der Waals surface area contributed by atoms with Crippen molar-refractivity contribution in [1.29, 1.82) is 0 Å². The summed E-state index contributed by atoms with van der Waals surface area (Å²) < 4.78 is 9.35. The molecule has 0 atom stereocenters. The van der Waals surface area contributed by atoms with Crippen molar-refractivity contribution < 1.29 is 19.1 Å². The van der Waals surface area contributed by atoms with Gasteiger partial charge in [0, 0.05) is 14.2 Å². The van der Waals surface area contributed by atoms with Gasteiger partial charge < -0.3 is 19.1 Å². The second kappa shape index (κ2) is 12.0. The van der Waals surface area contributed by atoms with Crippen LogP contribution in [0.15, 0.2) is 0 Å². The topological polar surface area (TPSA) is 52.6 Å². The lowest BCUT2D eigenvalue weighted by atomic mass is 10.6. The van der Waals surface area contributed by atoms with E-state index in [-0.39, 0.29) is 12.7 Å². The molecule has 0 aromatic rings. The van der Waals surface area contributed by atoms with E-state index in [0.717, 1.165) is 0 Å². The van der Waals surface area contributed by atoms with Gasteiger partial charge in [0.2, 0.25) is 0 Å². The van der Waals surface area contributed by atoms with Crippen LogP contribution in [0, 0.1) is 0 Å². The SMILES string of the molecule is COC(C)OC.O=CCC=O. The largest absolute Gasteiger partial charge is 0.356 e. The Kier molecular flexibility index (Phi) is 14.1. The third kappa shape index (κ3) is 17.6. The molecule has 0 heterocycles. The van der Waals surface area contributed by atoms with Crippen LogP contribution >= 0.6 is 0 Å². The standard InChI is InChI=1S/C4H10O2.C3H4O2/c1-4(5-2)6-3;4-2-1-3-5/h4H,1-3H3;2-3H,1H2. The monoisotopic (exact) mass is 162 g/mol. The molecule has 0 spiro atoms. The molecule has 0 aliphatic rings. The predicted molar refractivity (Wildman–Crippen MR) is 40.2 cm³/mol. The Labute approximate surface area is 66.5 Å². The average molecular weight is 162 g/mol. The normalized spacial score (nSPS) is 8.36. The molecule has 0 aliphatic carbocycles. The minimum atomic E-state index is -0.0648. The molecule has 0 aromatic carbocycles. The van der Waals surface area contributed by atoms with Crippen molar-refractivity contribution in [2.75, 3.05) is 14.2 Å². The summed E-state index contributed by atoms with van der Waals surface area (Å²) in [6.45, 7) is 1.83. The van der Waals surface area contributed by atoms with Crippen molar-refractivity contribution >= 4 is 12.6 Å². The van der Waals surface area contributed by atoms with Gasteiger partial charge in [0.1, 0.15) is 12.6 Å². The number of carbonyl (C=O) groups excluding carboxylic acids is 2. The second-order valence-corrected chi connectivity index (χ2v) is 1.61. The zero-order chi connectivity index (χ0) is 9.11. The van der Waals surface area contributed by atoms with Crippen molar-refractivity contribution in [1.82, 2.24) is 0 Å². The molecule has 0 aliphatic heterocycles. The van der Waals surface area contributed by atoms with E-state index in [9.17, 15) is 9.59 Å². The molecule has 0 bridgehead atoms. The Balaban J connectivity index is 0. The third-order valence-electron chi connectivity index (χ3n) is 0.856. The molecule has 66 valence electrons. The number of hydrogen-bond donors (Lipinski definition) is 0. The van der Waals surface area contributed by atoms with Crippen LogP contribution in [0.1, 0.15) is 13.3 Å². The number of hydrogen-bond acceptors (Lipinski definition) is 4. The molecule has 0 saturated heterocycles. The van der Waals surface area contributed by atoms with E-state index in [1.165, 1.54) is 0 Å². The van der Waals surface area contributed by atoms with Gasteiger partial charge in [0.05, 0.1) is 6.42 Å². The van der Waals surface area contributed by atoms with Crippen LogP contribution in [0.3, 0.4) is 0 Å². The zero-order valence-electron chi connectivity index (χ0n) is 7.07. The summed E-state index contributed by atoms with van der Waals surface area (Å²) in [6, 6.07) is 0. The van der Waals surface area contributed by atoms with E-state index in [1.807, 2.05) is 6.92 Å². The minimum absolute atomic E-state index is 0.0278. The van der Waals surface area contributed by atoms with Gasteiger partial charge in [-0.25, -0.2) is 0 Å². The number of carbonyl (C=O) groups is 2. The van der Waals surface area contributed by atoms with Crippen molar-refractivity contribution in [3.8, 4) is 0 Å². The van der Waals surface area contributed by atoms with E-state index in [4.69, 9.17) is 0 Å². The zero-order valence-corrected chi connectivity index (χ0v) is 7.07. The lowest BCUT2D eigenvalue weighted by Gasteiger charge is -2.03. The van der Waals surface area contributed by atoms with E-state index in [2.05, 4.69) is 9.47 Å². The van der Waals surface area contributed by atoms with Gasteiger partial charge in [-0.2, -0.15) is 0 Å². The molecule has 0 rings (SSSR count). The predicted octanol–water partition coefficient (Wildman–Crippen LogP) is 0.399. The van der Waals surface area contributed by atoms with Crippen LogP contribution in [0.4, 0.5) is 0 Å². The van der Waals surface area contributed by atoms with Gasteiger partial charge in [-0.1, -0.05) is 0 Å². The molecular weight excluding hydrogens is 148 g/mol. The summed E-state index contributed by atoms with van der Waals surface area (Å²) in [5.41, 5.74) is 0. The summed E-state index contributed by atoms with van der Waals surface area (Å²) in [6.07, 6.45) is 1.09. The van der Waals surface area contributed by atoms with Crippen molar-refractivity contribution in [2.24, 2.45) is 0 Å². The van der Waals surface area contributed by atoms with Crippen LogP contribution in [0.2, 0.25) is 0 Å². The Morgan fingerprint density at radius 2 is 1.55 bits per heavy atom. The number of rotatable bonds is 4. The molecule has 0 unspecified atom stereocenters. The Morgan fingerprint density at radius 3 is 1.55 bits per heavy atom. The summed E-state index contributed by atoms with van der Waals surface area (Å²) in [5, 5.41) is 0. The first kappa shape index (κ1) is 12.9. The maximum atomic E-state index is 9.17. The summed E-state index contributed by atoms with van der Waals surface area (Å²) in [4.78, 5) is 18.3. The van der Waals surface area contributed by atoms with Crippen molar-refractivity contribution in [3.05, 3.63) is 0 Å². The van der Waals surface area contributed by atoms with Gasteiger partial charge in [-0.3, -0.25) is 0 Å². The fourth-order valence-corrected chi connectivity index (χ4v) is 0.136. The molecular formula is C7H14O4. The van der Waals surface area contributed by atoms with Crippen molar-refractivity contribution in [2.45, 2.75) is 19.6 Å². The lowest BCUT2D eigenvalue weighted by Crippen LogP contribution is -2.05. The van der Waals surface area contributed by atoms with Crippen LogP contribution < -0.4 is 0 Å². The van der Waals surface area contributed by atoms with Crippen LogP contribution in [0.25, 0.3) is 0 Å². The molecule has 0 fully saturated rings. The van der Waals surface area contributed by atoms with E-state index < -0.39 is 0 Å². The number of ether oxygens (including phenoxy) is 2. The summed E-state index contributed by atoms with van der Waals surface area (Å²) >= 11 is 0. The van der Waals surface area contributed by atoms with E-state index in [0.29, 0.717) is 12.6 Å². The summed E-state index contributed by atoms with van der Waals surface area (Å²) in [7, 11) is 3.21. The first-order chi connectivity index (χ1) is 5.22. The van der Waals surface area contributed by atoms with Gasteiger partial charge in [-0.15, -0.1) is 0 Å². The van der Waals surface area contributed by atoms with E-state index >= 15 is 0 Å². The molecule has 0 amide bonds. The molecule has 4 nitrogen and oxygen atoms in total. The highest BCUT2D eigenvalue weighted by Gasteiger charge is 1.87. The summed E-state index contributed by atoms with van der Waals surface area (Å²) in [5.74, 6) is 0. The number of aldehydes is 2. The maximum Gasteiger partial charge on any atom is 0.154 e. The fourth-order valence-electron chi connectivity index (χ4n) is 0.136. The molecule has 0 radical (unpaired) electrons. The maximum absolute atomic E-state index is 9.17. The van der Waals surface area contributed by atoms with Crippen LogP contribution in [0.5, 0.6) is 0 Å². The molecule has 11 heavy (non-hydrogen) atoms. The third-order valence-corrected chi connectivity index (χ3v) is 0.856. The lowest BCUT2D eigenvalue weighted by molar-refractivity contribution is -0.114. The fraction of sp³-hybridized carbons (Fsp3) is 0.714. The van der Waals surface area contributed by atoms with E-state index in [1.54, 1.807) is 14.2 Å². The van der Waals surface area contributed by atoms with Gasteiger partial charge in [0.25, 0.3) is 0 Å². The first-order valence-corrected chi connectivity index (χ1v) is 3.15. The molecule has 0 aromatic heterocycles. The number of methoxy groups -OCH3 is 2. The minimum Gasteiger partial charge on any atom is -0.356 e. The quantitative estimate of drug-likeness (QED) is 0.341. The Hall–Kier alpha value is -0.740. The van der Waals surface area contributed by atoms with Gasteiger partial charge in [0.15, 0.2) is 6.29 Å². The highest BCUT2D eigenvalue weighted by Crippen LogP contribution is 1.82. The molecule has 0 N–H and O–H groups in total. The first-order valence-electron chi connectivity index (χ1n) is 3.15. The second-order valence-electron chi connectivity index (χ2n) is 1.61. The van der Waals surface area contributed by atoms with Crippen LogP contribution in [-0.4, -0.2) is 33.1 Å². The van der Waals surface area contributed by atoms with Gasteiger partial charge in [-0.05, 0) is 6.92 Å². The molecule has 4 heteroatoms. The Morgan fingerprint density at radius 1 is 1.18 bits per heavy atom. The van der Waals surface area contributed by atoms with Crippen molar-refractivity contribution in [3.63, 3.8) is 0 Å². The Bertz CT molecular complexity index is 82.4. The highest BCUT2D eigenvalue weighted by molar-refractivity contribution is 5.72. The molecule has 0 saturated carbocycles. The van der Waals surface area contributed by atoms with Gasteiger partial charge >= 0.3 is 0 Å². The highest BCUT2D eigenvalue weighted by atomic mass is 16.7. The van der Waals surface area contributed by atoms with Crippen LogP contribution in [-0.2, 0) is 19.1 Å². The average Bonchev–Trinajstić information content (AvgIpc) is 2.06. The smallest absolute Gasteiger partial charge is 0.154 e.